The van der Waals surface area contributed by atoms with Crippen molar-refractivity contribution in [3.63, 3.8) is 0 Å². The van der Waals surface area contributed by atoms with Crippen molar-refractivity contribution in [2.24, 2.45) is 0 Å². The molecule has 1 amide bonds. The number of hydrogen-bond donors (Lipinski definition) is 2. The number of halogens is 1. The van der Waals surface area contributed by atoms with Crippen LogP contribution in [-0.4, -0.2) is 22.8 Å². The Kier molecular flexibility index (Phi) is 5.16. The normalized spacial score (nSPS) is 13.6. The number of amides is 1. The van der Waals surface area contributed by atoms with Gasteiger partial charge in [0.25, 0.3) is 5.91 Å². The van der Waals surface area contributed by atoms with Gasteiger partial charge in [-0.1, -0.05) is 24.3 Å². The van der Waals surface area contributed by atoms with Crippen LogP contribution < -0.4 is 5.32 Å². The van der Waals surface area contributed by atoms with Gasteiger partial charge in [0.1, 0.15) is 5.82 Å². The van der Waals surface area contributed by atoms with Gasteiger partial charge in [-0.15, -0.1) is 0 Å². The van der Waals surface area contributed by atoms with Gasteiger partial charge in [-0.3, -0.25) is 9.59 Å². The van der Waals surface area contributed by atoms with E-state index in [9.17, 15) is 18.8 Å². The van der Waals surface area contributed by atoms with Crippen LogP contribution in [0.2, 0.25) is 0 Å². The average Bonchev–Trinajstić information content (AvgIpc) is 3.13. The molecule has 0 atom stereocenters. The Morgan fingerprint density at radius 3 is 2.37 bits per heavy atom. The summed E-state index contributed by atoms with van der Waals surface area (Å²) in [4.78, 5) is 35.0. The Morgan fingerprint density at radius 2 is 1.70 bits per heavy atom. The fraction of sp³-hybridized carbons (Fsp3) is 0.190. The molecule has 0 radical (unpaired) electrons. The highest BCUT2D eigenvalue weighted by molar-refractivity contribution is 6.09. The third kappa shape index (κ3) is 3.95. The van der Waals surface area contributed by atoms with Crippen molar-refractivity contribution in [3.05, 3.63) is 65.0 Å². The smallest absolute Gasteiger partial charge is 0.332 e. The fourth-order valence-electron chi connectivity index (χ4n) is 3.14. The Balaban J connectivity index is 1.84. The van der Waals surface area contributed by atoms with Gasteiger partial charge in [0.15, 0.2) is 5.78 Å². The zero-order valence-corrected chi connectivity index (χ0v) is 14.7. The van der Waals surface area contributed by atoms with Crippen molar-refractivity contribution in [1.29, 1.82) is 0 Å². The molecular formula is C21H18FNO4. The number of carbonyl (C=O) groups excluding carboxylic acids is 2. The topological polar surface area (TPSA) is 83.5 Å². The average molecular weight is 367 g/mol. The van der Waals surface area contributed by atoms with Crippen LogP contribution in [0.15, 0.2) is 53.6 Å². The molecule has 0 unspecified atom stereocenters. The number of ketones is 1. The molecule has 0 spiro atoms. The lowest BCUT2D eigenvalue weighted by molar-refractivity contribution is -0.133. The van der Waals surface area contributed by atoms with Crippen LogP contribution in [-0.2, 0) is 9.59 Å². The predicted octanol–water partition coefficient (Wildman–Crippen LogP) is 4.20. The van der Waals surface area contributed by atoms with Crippen molar-refractivity contribution in [2.75, 3.05) is 5.32 Å². The zero-order chi connectivity index (χ0) is 19.6. The maximum absolute atomic E-state index is 14.5. The number of carbonyl (C=O) groups is 3. The molecule has 0 saturated heterocycles. The standard InChI is InChI=1S/C21H18FNO4/c1-12(24)13-4-2-5-14(10-13)15-8-9-19(18(22)11-15)23-20(25)16-6-3-7-17(16)21(26)27/h2,4-5,8-11H,3,6-7H2,1H3,(H,23,25)(H,26,27). The molecule has 3 rings (SSSR count). The van der Waals surface area contributed by atoms with Crippen molar-refractivity contribution < 1.29 is 23.9 Å². The molecule has 0 fully saturated rings. The highest BCUT2D eigenvalue weighted by Gasteiger charge is 2.25. The summed E-state index contributed by atoms with van der Waals surface area (Å²) in [5.74, 6) is -2.42. The Hall–Kier alpha value is -3.28. The molecule has 1 aliphatic carbocycles. The summed E-state index contributed by atoms with van der Waals surface area (Å²) in [6.45, 7) is 1.46. The van der Waals surface area contributed by atoms with Crippen molar-refractivity contribution >= 4 is 23.3 Å². The summed E-state index contributed by atoms with van der Waals surface area (Å²) in [5, 5.41) is 11.6. The largest absolute Gasteiger partial charge is 0.478 e. The summed E-state index contributed by atoms with van der Waals surface area (Å²) >= 11 is 0. The van der Waals surface area contributed by atoms with Crippen LogP contribution in [0, 0.1) is 5.82 Å². The Morgan fingerprint density at radius 1 is 1.00 bits per heavy atom. The predicted molar refractivity (Wildman–Crippen MR) is 99.0 cm³/mol. The third-order valence-electron chi connectivity index (χ3n) is 4.57. The minimum Gasteiger partial charge on any atom is -0.478 e. The molecular weight excluding hydrogens is 349 g/mol. The molecule has 6 heteroatoms. The van der Waals surface area contributed by atoms with E-state index in [2.05, 4.69) is 5.32 Å². The minimum atomic E-state index is -1.11. The monoisotopic (exact) mass is 367 g/mol. The van der Waals surface area contributed by atoms with Crippen LogP contribution in [0.3, 0.4) is 0 Å². The number of anilines is 1. The lowest BCUT2D eigenvalue weighted by Crippen LogP contribution is -2.17. The highest BCUT2D eigenvalue weighted by Crippen LogP contribution is 2.29. The van der Waals surface area contributed by atoms with Gasteiger partial charge in [-0.2, -0.15) is 0 Å². The first-order valence-electron chi connectivity index (χ1n) is 8.54. The van der Waals surface area contributed by atoms with Crippen LogP contribution >= 0.6 is 0 Å². The third-order valence-corrected chi connectivity index (χ3v) is 4.57. The molecule has 2 aromatic rings. The summed E-state index contributed by atoms with van der Waals surface area (Å²) in [6.07, 6.45) is 1.30. The van der Waals surface area contributed by atoms with Crippen molar-refractivity contribution in [3.8, 4) is 11.1 Å². The number of Topliss-reactive ketones (excluding diaryl/α,β-unsaturated/α-hetero) is 1. The second-order valence-corrected chi connectivity index (χ2v) is 6.40. The lowest BCUT2D eigenvalue weighted by atomic mass is 10.0. The number of benzene rings is 2. The van der Waals surface area contributed by atoms with Gasteiger partial charge < -0.3 is 10.4 Å². The van der Waals surface area contributed by atoms with Gasteiger partial charge in [0.2, 0.25) is 0 Å². The molecule has 0 aromatic heterocycles. The number of carboxylic acids is 1. The molecule has 0 saturated carbocycles. The van der Waals surface area contributed by atoms with E-state index in [1.54, 1.807) is 30.3 Å². The van der Waals surface area contributed by atoms with Crippen LogP contribution in [0.25, 0.3) is 11.1 Å². The lowest BCUT2D eigenvalue weighted by Gasteiger charge is -2.10. The molecule has 0 bridgehead atoms. The van der Waals surface area contributed by atoms with E-state index in [1.165, 1.54) is 19.1 Å². The quantitative estimate of drug-likeness (QED) is 0.776. The zero-order valence-electron chi connectivity index (χ0n) is 14.7. The number of hydrogen-bond acceptors (Lipinski definition) is 3. The number of nitrogens with one attached hydrogen (secondary N) is 1. The minimum absolute atomic E-state index is 0.0180. The van der Waals surface area contributed by atoms with Crippen molar-refractivity contribution in [1.82, 2.24) is 0 Å². The maximum Gasteiger partial charge on any atom is 0.332 e. The maximum atomic E-state index is 14.5. The first-order valence-corrected chi connectivity index (χ1v) is 8.54. The molecule has 138 valence electrons. The molecule has 0 aliphatic heterocycles. The van der Waals surface area contributed by atoms with Crippen LogP contribution in [0.4, 0.5) is 10.1 Å². The van der Waals surface area contributed by atoms with E-state index in [0.29, 0.717) is 36.0 Å². The van der Waals surface area contributed by atoms with Crippen LogP contribution in [0.1, 0.15) is 36.5 Å². The van der Waals surface area contributed by atoms with Gasteiger partial charge in [-0.05, 0) is 55.5 Å². The van der Waals surface area contributed by atoms with Gasteiger partial charge in [0, 0.05) is 16.7 Å². The summed E-state index contributed by atoms with van der Waals surface area (Å²) in [5.41, 5.74) is 2.05. The Bertz CT molecular complexity index is 978. The second-order valence-electron chi connectivity index (χ2n) is 6.40. The highest BCUT2D eigenvalue weighted by atomic mass is 19.1. The van der Waals surface area contributed by atoms with Crippen LogP contribution in [0.5, 0.6) is 0 Å². The number of aliphatic carboxylic acids is 1. The molecule has 1 aliphatic rings. The molecule has 2 aromatic carbocycles. The van der Waals surface area contributed by atoms with E-state index in [0.717, 1.165) is 0 Å². The van der Waals surface area contributed by atoms with E-state index in [4.69, 9.17) is 5.11 Å². The molecule has 2 N–H and O–H groups in total. The first-order chi connectivity index (χ1) is 12.9. The SMILES string of the molecule is CC(=O)c1cccc(-c2ccc(NC(=O)C3=C(C(=O)O)CCC3)c(F)c2)c1. The number of rotatable bonds is 5. The molecule has 5 nitrogen and oxygen atoms in total. The van der Waals surface area contributed by atoms with E-state index in [-0.39, 0.29) is 22.6 Å². The van der Waals surface area contributed by atoms with E-state index >= 15 is 0 Å². The second kappa shape index (κ2) is 7.53. The van der Waals surface area contributed by atoms with E-state index < -0.39 is 17.7 Å². The summed E-state index contributed by atoms with van der Waals surface area (Å²) < 4.78 is 14.5. The molecule has 27 heavy (non-hydrogen) atoms. The van der Waals surface area contributed by atoms with Gasteiger partial charge in [0.05, 0.1) is 5.69 Å². The van der Waals surface area contributed by atoms with Gasteiger partial charge >= 0.3 is 5.97 Å². The summed E-state index contributed by atoms with van der Waals surface area (Å²) in [7, 11) is 0. The van der Waals surface area contributed by atoms with Gasteiger partial charge in [-0.25, -0.2) is 9.18 Å². The first kappa shape index (κ1) is 18.5. The summed E-state index contributed by atoms with van der Waals surface area (Å²) in [6, 6.07) is 11.2. The number of carboxylic acid groups (broad SMARTS) is 1. The fourth-order valence-corrected chi connectivity index (χ4v) is 3.14. The Labute approximate surface area is 155 Å². The van der Waals surface area contributed by atoms with Crippen molar-refractivity contribution in [2.45, 2.75) is 26.2 Å². The van der Waals surface area contributed by atoms with E-state index in [1.807, 2.05) is 0 Å². The molecule has 0 heterocycles.